The lowest BCUT2D eigenvalue weighted by atomic mass is 10.4. The third kappa shape index (κ3) is 6.66. The molecule has 1 amide bonds. The lowest BCUT2D eigenvalue weighted by molar-refractivity contribution is -0.390. The topological polar surface area (TPSA) is 104 Å². The van der Waals surface area contributed by atoms with Gasteiger partial charge in [0, 0.05) is 13.2 Å². The van der Waals surface area contributed by atoms with Crippen LogP contribution in [0.15, 0.2) is 18.3 Å². The third-order valence-corrected chi connectivity index (χ3v) is 2.38. The number of carbonyl (C=O) groups is 1. The van der Waals surface area contributed by atoms with Crippen molar-refractivity contribution in [3.63, 3.8) is 0 Å². The monoisotopic (exact) mass is 297 g/mol. The van der Waals surface area contributed by atoms with Gasteiger partial charge in [0.2, 0.25) is 5.75 Å². The van der Waals surface area contributed by atoms with E-state index in [0.717, 1.165) is 0 Å². The van der Waals surface area contributed by atoms with Gasteiger partial charge < -0.3 is 24.9 Å². The molecular formula is C13H19N3O5. The Kier molecular flexibility index (Phi) is 7.10. The molecular weight excluding hydrogens is 278 g/mol. The van der Waals surface area contributed by atoms with Crippen LogP contribution in [0.1, 0.15) is 20.3 Å². The summed E-state index contributed by atoms with van der Waals surface area (Å²) < 4.78 is 10.4. The summed E-state index contributed by atoms with van der Waals surface area (Å²) >= 11 is 0. The van der Waals surface area contributed by atoms with Gasteiger partial charge in [-0.05, 0) is 42.3 Å². The van der Waals surface area contributed by atoms with Gasteiger partial charge in [-0.15, -0.1) is 0 Å². The van der Waals surface area contributed by atoms with Crippen molar-refractivity contribution >= 4 is 11.7 Å². The Morgan fingerprint density at radius 2 is 2.29 bits per heavy atom. The van der Waals surface area contributed by atoms with Crippen LogP contribution < -0.4 is 10.1 Å². The number of nitrogens with one attached hydrogen (secondary N) is 1. The number of carbonyl (C=O) groups excluding carboxylic acids is 1. The quantitative estimate of drug-likeness (QED) is 0.418. The van der Waals surface area contributed by atoms with Gasteiger partial charge in [0.1, 0.15) is 6.20 Å². The van der Waals surface area contributed by atoms with Crippen molar-refractivity contribution < 1.29 is 19.2 Å². The molecule has 21 heavy (non-hydrogen) atoms. The van der Waals surface area contributed by atoms with Crippen LogP contribution in [0.2, 0.25) is 0 Å². The van der Waals surface area contributed by atoms with Crippen LogP contribution in [-0.4, -0.2) is 41.7 Å². The first-order valence-corrected chi connectivity index (χ1v) is 6.61. The van der Waals surface area contributed by atoms with Crippen LogP contribution >= 0.6 is 0 Å². The van der Waals surface area contributed by atoms with E-state index >= 15 is 0 Å². The normalized spacial score (nSPS) is 10.4. The molecule has 1 rings (SSSR count). The molecule has 0 aromatic carbocycles. The molecule has 1 N–H and O–H groups in total. The Hall–Kier alpha value is -2.22. The molecule has 8 nitrogen and oxygen atoms in total. The van der Waals surface area contributed by atoms with E-state index in [1.165, 1.54) is 18.3 Å². The molecule has 0 aliphatic rings. The van der Waals surface area contributed by atoms with Gasteiger partial charge in [-0.25, -0.2) is 0 Å². The second-order valence-corrected chi connectivity index (χ2v) is 4.49. The molecule has 1 aromatic rings. The third-order valence-electron chi connectivity index (χ3n) is 2.38. The van der Waals surface area contributed by atoms with E-state index in [1.807, 2.05) is 13.8 Å². The van der Waals surface area contributed by atoms with Gasteiger partial charge in [-0.3, -0.25) is 4.79 Å². The van der Waals surface area contributed by atoms with Gasteiger partial charge in [0.25, 0.3) is 5.91 Å². The summed E-state index contributed by atoms with van der Waals surface area (Å²) in [6.45, 7) is 4.61. The fourth-order valence-electron chi connectivity index (χ4n) is 1.45. The minimum atomic E-state index is -0.656. The average molecular weight is 297 g/mol. The highest BCUT2D eigenvalue weighted by Gasteiger charge is 2.16. The molecule has 0 unspecified atom stereocenters. The molecule has 0 spiro atoms. The molecule has 0 saturated heterocycles. The van der Waals surface area contributed by atoms with Crippen LogP contribution in [0.5, 0.6) is 5.75 Å². The van der Waals surface area contributed by atoms with Gasteiger partial charge in [0.05, 0.1) is 6.10 Å². The molecule has 0 saturated carbocycles. The van der Waals surface area contributed by atoms with Gasteiger partial charge >= 0.3 is 5.82 Å². The lowest BCUT2D eigenvalue weighted by Gasteiger charge is -2.09. The van der Waals surface area contributed by atoms with Crippen LogP contribution in [0.4, 0.5) is 5.82 Å². The van der Waals surface area contributed by atoms with Crippen LogP contribution in [-0.2, 0) is 9.53 Å². The van der Waals surface area contributed by atoms with E-state index in [2.05, 4.69) is 10.3 Å². The van der Waals surface area contributed by atoms with Crippen LogP contribution in [0, 0.1) is 10.1 Å². The zero-order valence-corrected chi connectivity index (χ0v) is 12.1. The number of aromatic nitrogens is 1. The zero-order chi connectivity index (χ0) is 15.7. The number of nitrogens with zero attached hydrogens (tertiary/aromatic N) is 2. The first-order valence-electron chi connectivity index (χ1n) is 6.61. The molecule has 0 bridgehead atoms. The maximum absolute atomic E-state index is 11.5. The molecule has 0 aliphatic heterocycles. The molecule has 0 aliphatic carbocycles. The Morgan fingerprint density at radius 3 is 2.95 bits per heavy atom. The minimum absolute atomic E-state index is 0.0270. The first-order chi connectivity index (χ1) is 10.0. The number of pyridine rings is 1. The molecule has 0 radical (unpaired) electrons. The molecule has 1 aromatic heterocycles. The second-order valence-electron chi connectivity index (χ2n) is 4.49. The van der Waals surface area contributed by atoms with E-state index in [0.29, 0.717) is 19.6 Å². The lowest BCUT2D eigenvalue weighted by Crippen LogP contribution is -2.30. The summed E-state index contributed by atoms with van der Waals surface area (Å²) in [5.74, 6) is -0.783. The van der Waals surface area contributed by atoms with Crippen LogP contribution in [0.25, 0.3) is 0 Å². The van der Waals surface area contributed by atoms with E-state index in [4.69, 9.17) is 9.47 Å². The summed E-state index contributed by atoms with van der Waals surface area (Å²) in [5, 5.41) is 13.4. The number of nitro groups is 1. The van der Waals surface area contributed by atoms with Crippen molar-refractivity contribution in [2.24, 2.45) is 0 Å². The summed E-state index contributed by atoms with van der Waals surface area (Å²) in [6, 6.07) is 2.90. The van der Waals surface area contributed by atoms with E-state index in [9.17, 15) is 14.9 Å². The molecule has 116 valence electrons. The smallest absolute Gasteiger partial charge is 0.406 e. The molecule has 8 heteroatoms. The Bertz CT molecular complexity index is 479. The van der Waals surface area contributed by atoms with Crippen molar-refractivity contribution in [1.82, 2.24) is 10.3 Å². The zero-order valence-electron chi connectivity index (χ0n) is 12.1. The highest BCUT2D eigenvalue weighted by molar-refractivity contribution is 5.77. The number of hydrogen-bond acceptors (Lipinski definition) is 6. The predicted octanol–water partition coefficient (Wildman–Crippen LogP) is 1.30. The van der Waals surface area contributed by atoms with Crippen molar-refractivity contribution in [2.45, 2.75) is 26.4 Å². The van der Waals surface area contributed by atoms with Crippen molar-refractivity contribution in [2.75, 3.05) is 19.8 Å². The first kappa shape index (κ1) is 16.8. The van der Waals surface area contributed by atoms with Crippen molar-refractivity contribution in [1.29, 1.82) is 0 Å². The number of rotatable bonds is 9. The SMILES string of the molecule is CC(C)OCCCNC(=O)COc1cccnc1[N+](=O)[O-]. The molecule has 1 heterocycles. The predicted molar refractivity (Wildman–Crippen MR) is 75.1 cm³/mol. The largest absolute Gasteiger partial charge is 0.476 e. The Morgan fingerprint density at radius 1 is 1.52 bits per heavy atom. The Balaban J connectivity index is 2.29. The second kappa shape index (κ2) is 8.85. The fourth-order valence-corrected chi connectivity index (χ4v) is 1.45. The molecule has 0 atom stereocenters. The summed E-state index contributed by atoms with van der Waals surface area (Å²) in [4.78, 5) is 25.2. The van der Waals surface area contributed by atoms with Gasteiger partial charge in [0.15, 0.2) is 6.61 Å². The highest BCUT2D eigenvalue weighted by atomic mass is 16.6. The minimum Gasteiger partial charge on any atom is -0.476 e. The number of amides is 1. The van der Waals surface area contributed by atoms with Crippen LogP contribution in [0.3, 0.4) is 0 Å². The van der Waals surface area contributed by atoms with E-state index in [1.54, 1.807) is 0 Å². The van der Waals surface area contributed by atoms with Gasteiger partial charge in [-0.2, -0.15) is 0 Å². The number of hydrogen-bond donors (Lipinski definition) is 1. The number of ether oxygens (including phenoxy) is 2. The summed E-state index contributed by atoms with van der Waals surface area (Å²) in [5.41, 5.74) is 0. The van der Waals surface area contributed by atoms with E-state index in [-0.39, 0.29) is 24.4 Å². The maximum atomic E-state index is 11.5. The average Bonchev–Trinajstić information content (AvgIpc) is 2.44. The van der Waals surface area contributed by atoms with Crippen molar-refractivity contribution in [3.8, 4) is 5.75 Å². The van der Waals surface area contributed by atoms with E-state index < -0.39 is 10.7 Å². The highest BCUT2D eigenvalue weighted by Crippen LogP contribution is 2.22. The molecule has 0 fully saturated rings. The Labute approximate surface area is 122 Å². The standard InChI is InChI=1S/C13H19N3O5/c1-10(2)20-8-4-7-14-12(17)9-21-11-5-3-6-15-13(11)16(18)19/h3,5-6,10H,4,7-9H2,1-2H3,(H,14,17). The van der Waals surface area contributed by atoms with Crippen molar-refractivity contribution in [3.05, 3.63) is 28.4 Å². The fraction of sp³-hybridized carbons (Fsp3) is 0.538. The maximum Gasteiger partial charge on any atom is 0.406 e. The summed E-state index contributed by atoms with van der Waals surface area (Å²) in [7, 11) is 0. The summed E-state index contributed by atoms with van der Waals surface area (Å²) in [6.07, 6.45) is 2.15. The van der Waals surface area contributed by atoms with Gasteiger partial charge in [-0.1, -0.05) is 0 Å².